The average molecular weight is 889 g/mol. The fourth-order valence-electron chi connectivity index (χ4n) is 5.26. The summed E-state index contributed by atoms with van der Waals surface area (Å²) >= 11 is 0. The quantitative estimate of drug-likeness (QED) is 0.0654. The van der Waals surface area contributed by atoms with Gasteiger partial charge in [0.2, 0.25) is 0 Å². The molecule has 0 aliphatic carbocycles. The third kappa shape index (κ3) is 54.9. The van der Waals surface area contributed by atoms with Crippen LogP contribution in [0.3, 0.4) is 0 Å². The minimum Gasteiger partial charge on any atom is -0.463 e. The van der Waals surface area contributed by atoms with Gasteiger partial charge in [-0.2, -0.15) is 0 Å². The number of aliphatic hydroxyl groups excluding tert-OH is 2. The number of esters is 1. The molecule has 0 spiro atoms. The molecule has 0 aliphatic rings. The number of hydrogen-bond donors (Lipinski definition) is 2. The zero-order valence-corrected chi connectivity index (χ0v) is 38.1. The van der Waals surface area contributed by atoms with Crippen LogP contribution in [0.1, 0.15) is 90.4 Å². The Balaban J connectivity index is 3.09. The number of ether oxygens (including phenoxy) is 14. The fraction of sp³-hybridized carbons (Fsp3) is 0.977. The van der Waals surface area contributed by atoms with Gasteiger partial charge in [0.1, 0.15) is 12.7 Å². The van der Waals surface area contributed by atoms with Gasteiger partial charge in [-0.15, -0.1) is 0 Å². The highest BCUT2D eigenvalue weighted by molar-refractivity contribution is 5.69. The molecule has 0 aromatic carbocycles. The molecule has 61 heavy (non-hydrogen) atoms. The molecule has 0 saturated heterocycles. The zero-order chi connectivity index (χ0) is 44.0. The van der Waals surface area contributed by atoms with E-state index in [1.165, 1.54) is 70.6 Å². The number of rotatable bonds is 55. The van der Waals surface area contributed by atoms with Crippen LogP contribution in [0, 0.1) is 0 Å². The number of carbonyl (C=O) groups excluding carboxylic acids is 1. The molecular formula is C44H88O17. The molecule has 0 amide bonds. The lowest BCUT2D eigenvalue weighted by atomic mass is 10.1. The zero-order valence-electron chi connectivity index (χ0n) is 38.1. The Morgan fingerprint density at radius 1 is 0.344 bits per heavy atom. The van der Waals surface area contributed by atoms with E-state index in [-0.39, 0.29) is 19.6 Å². The predicted molar refractivity (Wildman–Crippen MR) is 230 cm³/mol. The van der Waals surface area contributed by atoms with Crippen LogP contribution in [0.4, 0.5) is 0 Å². The maximum absolute atomic E-state index is 11.4. The van der Waals surface area contributed by atoms with Gasteiger partial charge in [-0.1, -0.05) is 77.6 Å². The van der Waals surface area contributed by atoms with Gasteiger partial charge >= 0.3 is 5.97 Å². The van der Waals surface area contributed by atoms with Crippen molar-refractivity contribution in [1.82, 2.24) is 0 Å². The second kappa shape index (κ2) is 55.0. The first kappa shape index (κ1) is 59.9. The molecule has 0 fully saturated rings. The van der Waals surface area contributed by atoms with Crippen LogP contribution in [0.15, 0.2) is 0 Å². The molecule has 1 atom stereocenters. The summed E-state index contributed by atoms with van der Waals surface area (Å²) in [5.74, 6) is -0.496. The third-order valence-electron chi connectivity index (χ3n) is 8.70. The summed E-state index contributed by atoms with van der Waals surface area (Å²) in [6.45, 7) is 14.4. The largest absolute Gasteiger partial charge is 0.463 e. The minimum atomic E-state index is -1.06. The maximum Gasteiger partial charge on any atom is 0.308 e. The molecule has 0 heterocycles. The Morgan fingerprint density at radius 3 is 0.836 bits per heavy atom. The molecule has 0 radical (unpaired) electrons. The Morgan fingerprint density at radius 2 is 0.574 bits per heavy atom. The van der Waals surface area contributed by atoms with Crippen molar-refractivity contribution in [3.05, 3.63) is 0 Å². The van der Waals surface area contributed by atoms with Crippen molar-refractivity contribution in [2.24, 2.45) is 0 Å². The van der Waals surface area contributed by atoms with Crippen LogP contribution in [0.25, 0.3) is 0 Å². The standard InChI is InChI=1S/C44H88O17/c1-2-3-4-5-6-7-8-9-10-11-12-13-15-48-17-19-50-21-23-52-25-27-54-29-31-56-33-35-58-37-39-60-40-38-59-36-34-57-32-30-55-28-26-53-24-22-51-20-18-49-16-14-44(47)61-42-43(46)41-45/h43,45-46H,2-42H2,1H3. The summed E-state index contributed by atoms with van der Waals surface area (Å²) in [5.41, 5.74) is 0. The van der Waals surface area contributed by atoms with E-state index in [0.29, 0.717) is 159 Å². The van der Waals surface area contributed by atoms with Crippen LogP contribution < -0.4 is 0 Å². The monoisotopic (exact) mass is 889 g/mol. The first-order valence-electron chi connectivity index (χ1n) is 23.2. The van der Waals surface area contributed by atoms with Gasteiger partial charge in [-0.05, 0) is 6.42 Å². The van der Waals surface area contributed by atoms with Gasteiger partial charge in [0.25, 0.3) is 0 Å². The normalized spacial score (nSPS) is 12.1. The summed E-state index contributed by atoms with van der Waals surface area (Å²) in [7, 11) is 0. The fourth-order valence-corrected chi connectivity index (χ4v) is 5.26. The van der Waals surface area contributed by atoms with Crippen molar-refractivity contribution in [3.63, 3.8) is 0 Å². The topological polar surface area (TPSA) is 187 Å². The van der Waals surface area contributed by atoms with Crippen molar-refractivity contribution >= 4 is 5.97 Å². The van der Waals surface area contributed by atoms with Gasteiger partial charge in [0.15, 0.2) is 0 Å². The lowest BCUT2D eigenvalue weighted by Gasteiger charge is -2.09. The van der Waals surface area contributed by atoms with Crippen molar-refractivity contribution < 1.29 is 81.3 Å². The predicted octanol–water partition coefficient (Wildman–Crippen LogP) is 4.19. The molecule has 1 unspecified atom stereocenters. The van der Waals surface area contributed by atoms with E-state index in [0.717, 1.165) is 13.0 Å². The first-order chi connectivity index (χ1) is 30.2. The smallest absolute Gasteiger partial charge is 0.308 e. The Labute approximate surface area is 368 Å². The van der Waals surface area contributed by atoms with Crippen molar-refractivity contribution in [2.45, 2.75) is 96.5 Å². The van der Waals surface area contributed by atoms with E-state index in [1.807, 2.05) is 0 Å². The summed E-state index contributed by atoms with van der Waals surface area (Å²) in [5, 5.41) is 17.8. The van der Waals surface area contributed by atoms with Crippen LogP contribution in [0.5, 0.6) is 0 Å². The molecule has 0 saturated carbocycles. The SMILES string of the molecule is CCCCCCCCCCCCCCOCCOCCOCCOCCOCCOCCOCCOCCOCCOCCOCCOCCOCCC(=O)OCC(O)CO. The third-order valence-corrected chi connectivity index (χ3v) is 8.70. The highest BCUT2D eigenvalue weighted by Crippen LogP contribution is 2.12. The summed E-state index contributed by atoms with van der Waals surface area (Å²) in [4.78, 5) is 11.4. The van der Waals surface area contributed by atoms with Crippen LogP contribution >= 0.6 is 0 Å². The summed E-state index contributed by atoms with van der Waals surface area (Å²) in [6, 6.07) is 0. The van der Waals surface area contributed by atoms with Gasteiger partial charge in [-0.3, -0.25) is 4.79 Å². The highest BCUT2D eigenvalue weighted by atomic mass is 16.6. The molecule has 0 rings (SSSR count). The molecule has 0 aliphatic heterocycles. The molecular weight excluding hydrogens is 800 g/mol. The lowest BCUT2D eigenvalue weighted by molar-refractivity contribution is -0.148. The van der Waals surface area contributed by atoms with Gasteiger partial charge in [0, 0.05) is 6.61 Å². The molecule has 17 nitrogen and oxygen atoms in total. The van der Waals surface area contributed by atoms with Gasteiger partial charge < -0.3 is 76.5 Å². The van der Waals surface area contributed by atoms with Crippen molar-refractivity contribution in [1.29, 1.82) is 0 Å². The van der Waals surface area contributed by atoms with Crippen LogP contribution in [-0.2, 0) is 71.1 Å². The Kier molecular flexibility index (Phi) is 54.0. The van der Waals surface area contributed by atoms with E-state index in [2.05, 4.69) is 6.92 Å². The van der Waals surface area contributed by atoms with Gasteiger partial charge in [0.05, 0.1) is 178 Å². The molecule has 17 heteroatoms. The maximum atomic E-state index is 11.4. The van der Waals surface area contributed by atoms with E-state index in [1.54, 1.807) is 0 Å². The lowest BCUT2D eigenvalue weighted by Crippen LogP contribution is -2.22. The van der Waals surface area contributed by atoms with Crippen molar-refractivity contribution in [3.8, 4) is 0 Å². The first-order valence-corrected chi connectivity index (χ1v) is 23.2. The molecule has 0 aromatic heterocycles. The number of aliphatic hydroxyl groups is 2. The number of carbonyl (C=O) groups is 1. The summed E-state index contributed by atoms with van der Waals surface area (Å²) < 4.78 is 76.2. The number of unbranched alkanes of at least 4 members (excludes halogenated alkanes) is 11. The Hall–Kier alpha value is -1.13. The number of hydrogen-bond acceptors (Lipinski definition) is 17. The van der Waals surface area contributed by atoms with Crippen LogP contribution in [-0.4, -0.2) is 207 Å². The second-order valence-electron chi connectivity index (χ2n) is 14.1. The van der Waals surface area contributed by atoms with E-state index < -0.39 is 18.7 Å². The average Bonchev–Trinajstić information content (AvgIpc) is 3.27. The highest BCUT2D eigenvalue weighted by Gasteiger charge is 2.07. The van der Waals surface area contributed by atoms with E-state index in [9.17, 15) is 4.79 Å². The van der Waals surface area contributed by atoms with Gasteiger partial charge in [-0.25, -0.2) is 0 Å². The summed E-state index contributed by atoms with van der Waals surface area (Å²) in [6.07, 6.45) is 15.3. The van der Waals surface area contributed by atoms with Crippen LogP contribution in [0.2, 0.25) is 0 Å². The van der Waals surface area contributed by atoms with Crippen molar-refractivity contribution in [2.75, 3.05) is 185 Å². The molecule has 2 N–H and O–H groups in total. The molecule has 0 aromatic rings. The second-order valence-corrected chi connectivity index (χ2v) is 14.1. The molecule has 0 bridgehead atoms. The van der Waals surface area contributed by atoms with E-state index in [4.69, 9.17) is 76.5 Å². The Bertz CT molecular complexity index is 816. The molecule has 366 valence electrons. The minimum absolute atomic E-state index is 0.0656. The van der Waals surface area contributed by atoms with E-state index >= 15 is 0 Å².